The quantitative estimate of drug-likeness (QED) is 0.882. The molecule has 2 aromatic rings. The third-order valence-corrected chi connectivity index (χ3v) is 3.04. The second kappa shape index (κ2) is 5.46. The Balaban J connectivity index is 2.17. The Bertz CT molecular complexity index is 539. The Hall–Kier alpha value is -1.46. The number of aliphatic hydroxyl groups excluding tert-OH is 1. The van der Waals surface area contributed by atoms with Crippen molar-refractivity contribution in [1.29, 1.82) is 0 Å². The number of likely N-dealkylation sites (N-methyl/N-ethyl adjacent to an activating group) is 1. The molecule has 5 heteroatoms. The second-order valence-electron chi connectivity index (χ2n) is 4.33. The summed E-state index contributed by atoms with van der Waals surface area (Å²) in [7, 11) is 1.90. The topological polar surface area (TPSA) is 28.4 Å². The van der Waals surface area contributed by atoms with Gasteiger partial charge in [-0.3, -0.25) is 0 Å². The van der Waals surface area contributed by atoms with E-state index in [-0.39, 0.29) is 6.61 Å². The highest BCUT2D eigenvalue weighted by Gasteiger charge is 2.10. The molecule has 0 aliphatic carbocycles. The average Bonchev–Trinajstić information content (AvgIpc) is 2.75. The third-order valence-electron chi connectivity index (χ3n) is 3.04. The van der Waals surface area contributed by atoms with E-state index in [1.807, 2.05) is 16.5 Å². The molecule has 1 heterocycles. The molecule has 0 unspecified atom stereocenters. The smallest absolute Gasteiger partial charge is 0.168 e. The maximum Gasteiger partial charge on any atom is 0.168 e. The van der Waals surface area contributed by atoms with E-state index in [2.05, 4.69) is 0 Å². The SMILES string of the molecule is CN(CCO)CCn1ccc2c(F)c(F)ccc21. The van der Waals surface area contributed by atoms with Crippen LogP contribution >= 0.6 is 0 Å². The number of aliphatic hydroxyl groups is 1. The lowest BCUT2D eigenvalue weighted by Gasteiger charge is -2.15. The molecular formula is C13H16F2N2O. The molecule has 0 saturated carbocycles. The highest BCUT2D eigenvalue weighted by Crippen LogP contribution is 2.21. The van der Waals surface area contributed by atoms with Crippen molar-refractivity contribution in [1.82, 2.24) is 9.47 Å². The molecular weight excluding hydrogens is 238 g/mol. The number of benzene rings is 1. The molecule has 2 rings (SSSR count). The lowest BCUT2D eigenvalue weighted by Crippen LogP contribution is -2.26. The van der Waals surface area contributed by atoms with Gasteiger partial charge in [0.05, 0.1) is 12.1 Å². The first-order valence-corrected chi connectivity index (χ1v) is 5.85. The van der Waals surface area contributed by atoms with Crippen molar-refractivity contribution in [2.24, 2.45) is 0 Å². The zero-order valence-electron chi connectivity index (χ0n) is 10.2. The average molecular weight is 254 g/mol. The Morgan fingerprint density at radius 2 is 2.00 bits per heavy atom. The molecule has 0 aliphatic heterocycles. The lowest BCUT2D eigenvalue weighted by molar-refractivity contribution is 0.218. The zero-order chi connectivity index (χ0) is 13.1. The van der Waals surface area contributed by atoms with Gasteiger partial charge in [0.1, 0.15) is 0 Å². The van der Waals surface area contributed by atoms with Crippen LogP contribution in [-0.4, -0.2) is 41.3 Å². The van der Waals surface area contributed by atoms with Crippen molar-refractivity contribution < 1.29 is 13.9 Å². The van der Waals surface area contributed by atoms with Gasteiger partial charge in [-0.15, -0.1) is 0 Å². The number of hydrogen-bond donors (Lipinski definition) is 1. The van der Waals surface area contributed by atoms with Crippen LogP contribution in [0.25, 0.3) is 10.9 Å². The van der Waals surface area contributed by atoms with Gasteiger partial charge in [0, 0.05) is 31.2 Å². The van der Waals surface area contributed by atoms with E-state index in [1.54, 1.807) is 18.3 Å². The monoisotopic (exact) mass is 254 g/mol. The fourth-order valence-corrected chi connectivity index (χ4v) is 1.97. The predicted molar refractivity (Wildman–Crippen MR) is 66.4 cm³/mol. The van der Waals surface area contributed by atoms with Crippen LogP contribution in [0.1, 0.15) is 0 Å². The minimum atomic E-state index is -0.822. The molecule has 0 amide bonds. The van der Waals surface area contributed by atoms with Crippen molar-refractivity contribution >= 4 is 10.9 Å². The highest BCUT2D eigenvalue weighted by molar-refractivity contribution is 5.80. The molecule has 0 spiro atoms. The molecule has 0 radical (unpaired) electrons. The minimum Gasteiger partial charge on any atom is -0.395 e. The summed E-state index contributed by atoms with van der Waals surface area (Å²) in [6.07, 6.45) is 1.75. The predicted octanol–water partition coefficient (Wildman–Crippen LogP) is 1.84. The lowest BCUT2D eigenvalue weighted by atomic mass is 10.2. The van der Waals surface area contributed by atoms with Crippen LogP contribution in [0.15, 0.2) is 24.4 Å². The second-order valence-corrected chi connectivity index (χ2v) is 4.33. The van der Waals surface area contributed by atoms with Crippen LogP contribution in [0.4, 0.5) is 8.78 Å². The Kier molecular flexibility index (Phi) is 3.93. The van der Waals surface area contributed by atoms with Gasteiger partial charge in [-0.05, 0) is 25.2 Å². The molecule has 98 valence electrons. The van der Waals surface area contributed by atoms with Crippen LogP contribution < -0.4 is 0 Å². The summed E-state index contributed by atoms with van der Waals surface area (Å²) in [5.41, 5.74) is 0.686. The molecule has 18 heavy (non-hydrogen) atoms. The highest BCUT2D eigenvalue weighted by atomic mass is 19.2. The van der Waals surface area contributed by atoms with Crippen LogP contribution in [0.5, 0.6) is 0 Å². The number of nitrogens with zero attached hydrogens (tertiary/aromatic N) is 2. The Labute approximate surface area is 104 Å². The van der Waals surface area contributed by atoms with E-state index in [0.717, 1.165) is 12.6 Å². The van der Waals surface area contributed by atoms with Gasteiger partial charge in [-0.1, -0.05) is 0 Å². The van der Waals surface area contributed by atoms with Gasteiger partial charge in [0.2, 0.25) is 0 Å². The van der Waals surface area contributed by atoms with E-state index < -0.39 is 11.6 Å². The summed E-state index contributed by atoms with van der Waals surface area (Å²) in [4.78, 5) is 1.98. The fraction of sp³-hybridized carbons (Fsp3) is 0.385. The van der Waals surface area contributed by atoms with E-state index >= 15 is 0 Å². The van der Waals surface area contributed by atoms with Gasteiger partial charge >= 0.3 is 0 Å². The van der Waals surface area contributed by atoms with Gasteiger partial charge in [-0.25, -0.2) is 8.78 Å². The Morgan fingerprint density at radius 1 is 1.22 bits per heavy atom. The van der Waals surface area contributed by atoms with Gasteiger partial charge in [0.15, 0.2) is 11.6 Å². The third kappa shape index (κ3) is 2.52. The van der Waals surface area contributed by atoms with Crippen molar-refractivity contribution in [3.8, 4) is 0 Å². The Morgan fingerprint density at radius 3 is 2.72 bits per heavy atom. The van der Waals surface area contributed by atoms with Crippen molar-refractivity contribution in [2.75, 3.05) is 26.7 Å². The first kappa shape index (κ1) is 13.0. The number of hydrogen-bond acceptors (Lipinski definition) is 2. The minimum absolute atomic E-state index is 0.114. The number of aromatic nitrogens is 1. The molecule has 0 fully saturated rings. The molecule has 3 nitrogen and oxygen atoms in total. The van der Waals surface area contributed by atoms with Crippen molar-refractivity contribution in [3.05, 3.63) is 36.0 Å². The fourth-order valence-electron chi connectivity index (χ4n) is 1.97. The standard InChI is InChI=1S/C13H16F2N2O/c1-16(8-9-18)6-7-17-5-4-10-12(17)3-2-11(14)13(10)15/h2-5,18H,6-9H2,1H3. The van der Waals surface area contributed by atoms with Crippen LogP contribution in [0.3, 0.4) is 0 Å². The van der Waals surface area contributed by atoms with E-state index in [0.29, 0.717) is 24.0 Å². The summed E-state index contributed by atoms with van der Waals surface area (Å²) >= 11 is 0. The van der Waals surface area contributed by atoms with Crippen LogP contribution in [0.2, 0.25) is 0 Å². The van der Waals surface area contributed by atoms with Gasteiger partial charge in [0.25, 0.3) is 0 Å². The van der Waals surface area contributed by atoms with Gasteiger partial charge < -0.3 is 14.6 Å². The number of fused-ring (bicyclic) bond motifs is 1. The largest absolute Gasteiger partial charge is 0.395 e. The molecule has 1 N–H and O–H groups in total. The van der Waals surface area contributed by atoms with Gasteiger partial charge in [-0.2, -0.15) is 0 Å². The summed E-state index contributed by atoms with van der Waals surface area (Å²) in [6, 6.07) is 4.31. The normalized spacial score (nSPS) is 11.6. The summed E-state index contributed by atoms with van der Waals surface area (Å²) in [5, 5.41) is 9.10. The molecule has 0 atom stereocenters. The van der Waals surface area contributed by atoms with Crippen molar-refractivity contribution in [2.45, 2.75) is 6.54 Å². The van der Waals surface area contributed by atoms with Crippen LogP contribution in [-0.2, 0) is 6.54 Å². The summed E-state index contributed by atoms with van der Waals surface area (Å²) in [5.74, 6) is -1.62. The molecule has 0 saturated heterocycles. The number of halogens is 2. The molecule has 0 aliphatic rings. The first-order valence-electron chi connectivity index (χ1n) is 5.85. The zero-order valence-corrected chi connectivity index (χ0v) is 10.2. The molecule has 1 aromatic heterocycles. The first-order chi connectivity index (χ1) is 8.63. The van der Waals surface area contributed by atoms with E-state index in [9.17, 15) is 8.78 Å². The van der Waals surface area contributed by atoms with Crippen LogP contribution in [0, 0.1) is 11.6 Å². The van der Waals surface area contributed by atoms with Crippen molar-refractivity contribution in [3.63, 3.8) is 0 Å². The van der Waals surface area contributed by atoms with E-state index in [1.165, 1.54) is 0 Å². The summed E-state index contributed by atoms with van der Waals surface area (Å²) < 4.78 is 28.4. The molecule has 1 aromatic carbocycles. The summed E-state index contributed by atoms with van der Waals surface area (Å²) in [6.45, 7) is 2.12. The maximum absolute atomic E-state index is 13.5. The molecule has 0 bridgehead atoms. The van der Waals surface area contributed by atoms with E-state index in [4.69, 9.17) is 5.11 Å². The number of rotatable bonds is 5. The maximum atomic E-state index is 13.5.